The van der Waals surface area contributed by atoms with Crippen molar-refractivity contribution in [3.63, 3.8) is 0 Å². The molecule has 2 saturated heterocycles. The molecule has 0 spiro atoms. The van der Waals surface area contributed by atoms with Gasteiger partial charge in [0.15, 0.2) is 5.82 Å². The first-order valence-corrected chi connectivity index (χ1v) is 24.5. The lowest BCUT2D eigenvalue weighted by molar-refractivity contribution is -0.121. The van der Waals surface area contributed by atoms with Crippen molar-refractivity contribution in [1.29, 1.82) is 5.41 Å². The first-order valence-electron chi connectivity index (χ1n) is 23.7. The average Bonchev–Trinajstić information content (AvgIpc) is 3.97. The third-order valence-electron chi connectivity index (χ3n) is 13.6. The number of nitrogens with one attached hydrogen (secondary N) is 2. The molecule has 0 radical (unpaired) electrons. The molecule has 0 bridgehead atoms. The Morgan fingerprint density at radius 2 is 1.62 bits per heavy atom. The van der Waals surface area contributed by atoms with Crippen LogP contribution in [0.5, 0.6) is 5.75 Å². The Kier molecular flexibility index (Phi) is 17.6. The summed E-state index contributed by atoms with van der Waals surface area (Å²) in [5.74, 6) is 1.99. The third-order valence-corrected chi connectivity index (χ3v) is 13.6. The number of rotatable bonds is 15. The molecule has 3 aliphatic heterocycles. The van der Waals surface area contributed by atoms with E-state index < -0.39 is 11.9 Å². The highest BCUT2D eigenvalue weighted by molar-refractivity contribution is 6.15. The topological polar surface area (TPSA) is 167 Å². The Labute approximate surface area is 389 Å². The summed E-state index contributed by atoms with van der Waals surface area (Å²) in [6, 6.07) is 10.0. The number of benzene rings is 2. The number of alkyl halides is 1. The van der Waals surface area contributed by atoms with Crippen LogP contribution in [-0.4, -0.2) is 102 Å². The maximum absolute atomic E-state index is 15.9. The smallest absolute Gasteiger partial charge is 0.255 e. The Morgan fingerprint density at radius 1 is 0.969 bits per heavy atom. The van der Waals surface area contributed by atoms with E-state index in [-0.39, 0.29) is 60.3 Å². The van der Waals surface area contributed by atoms with Crippen LogP contribution in [-0.2, 0) is 20.9 Å². The molecule has 2 aromatic carbocycles. The van der Waals surface area contributed by atoms with Gasteiger partial charge in [-0.2, -0.15) is 0 Å². The molecule has 15 heteroatoms. The molecule has 4 heterocycles. The van der Waals surface area contributed by atoms with Gasteiger partial charge >= 0.3 is 0 Å². The molecule has 1 aromatic heterocycles. The maximum atomic E-state index is 15.9. The first-order chi connectivity index (χ1) is 31.4. The summed E-state index contributed by atoms with van der Waals surface area (Å²) in [6.07, 6.45) is 17.4. The number of hydrogen-bond donors (Lipinski definition) is 3. The highest BCUT2D eigenvalue weighted by Gasteiger charge is 2.40. The molecule has 1 atom stereocenters. The predicted molar refractivity (Wildman–Crippen MR) is 256 cm³/mol. The number of anilines is 3. The Morgan fingerprint density at radius 3 is 2.26 bits per heavy atom. The average molecular weight is 918 g/mol. The largest absolute Gasteiger partial charge is 0.488 e. The minimum Gasteiger partial charge on any atom is -0.488 e. The fourth-order valence-corrected chi connectivity index (χ4v) is 9.62. The summed E-state index contributed by atoms with van der Waals surface area (Å²) in [5, 5.41) is 11.5. The fraction of sp³-hybridized carbons (Fsp3) is 0.600. The summed E-state index contributed by atoms with van der Waals surface area (Å²) in [4.78, 5) is 51.5. The van der Waals surface area contributed by atoms with Crippen molar-refractivity contribution < 1.29 is 28.2 Å². The van der Waals surface area contributed by atoms with Gasteiger partial charge in [0, 0.05) is 74.5 Å². The van der Waals surface area contributed by atoms with Crippen LogP contribution in [0, 0.1) is 23.1 Å². The van der Waals surface area contributed by atoms with Crippen LogP contribution >= 0.6 is 11.6 Å². The third kappa shape index (κ3) is 12.5. The standard InChI is InChI=1S/C46H59FN8O5.C3H8.CH3Cl/c1-46(17-18-46)60-34-8-10-38(48)36(24-34)44(49)39-25-41(52-28-51-39)54-19-13-30(14-20-54)23-29-3-6-32(7-4-29)59-33-15-21-53(22-16-33)40-11-9-35-37(43(40)47)26-55(45(35)58)31(27-56)5-12-42(57)50-2;1-3-2;1-2/h8-11,24-25,27-33,49H,3-7,12-23,26,48H2,1-2H3,(H,50,57);3H2,1-2H3;1H3. The molecule has 8 rings (SSSR count). The summed E-state index contributed by atoms with van der Waals surface area (Å²) in [7, 11) is 1.53. The van der Waals surface area contributed by atoms with Gasteiger partial charge in [-0.25, -0.2) is 14.4 Å². The Hall–Kier alpha value is -4.82. The quantitative estimate of drug-likeness (QED) is 0.0581. The second-order valence-corrected chi connectivity index (χ2v) is 18.5. The Balaban J connectivity index is 0.00000134. The van der Waals surface area contributed by atoms with Crippen LogP contribution in [0.25, 0.3) is 0 Å². The molecule has 3 aromatic rings. The lowest BCUT2D eigenvalue weighted by atomic mass is 9.79. The van der Waals surface area contributed by atoms with E-state index in [0.29, 0.717) is 59.4 Å². The van der Waals surface area contributed by atoms with Crippen LogP contribution in [0.15, 0.2) is 42.7 Å². The van der Waals surface area contributed by atoms with Crippen molar-refractivity contribution in [2.45, 2.75) is 141 Å². The van der Waals surface area contributed by atoms with Crippen molar-refractivity contribution >= 4 is 52.6 Å². The second-order valence-electron chi connectivity index (χ2n) is 18.5. The molecule has 65 heavy (non-hydrogen) atoms. The van der Waals surface area contributed by atoms with Crippen LogP contribution < -0.4 is 25.6 Å². The molecule has 4 N–H and O–H groups in total. The molecule has 2 aliphatic carbocycles. The minimum atomic E-state index is -0.784. The lowest BCUT2D eigenvalue weighted by Gasteiger charge is -2.38. The SMILES string of the molecule is CCC.CCl.CNC(=O)CCC(C=O)N1Cc2c(ccc(N3CCC(OC4CCC(CC5CCN(c6cc(C(=N)c7cc(OC8(C)CC8)ccc7N)ncn6)CC5)CC4)CC3)c2F)C1=O. The monoisotopic (exact) mass is 917 g/mol. The van der Waals surface area contributed by atoms with E-state index in [4.69, 9.17) is 20.6 Å². The number of nitrogens with zero attached hydrogens (tertiary/aromatic N) is 5. The van der Waals surface area contributed by atoms with E-state index in [0.717, 1.165) is 76.0 Å². The molecule has 4 fully saturated rings. The van der Waals surface area contributed by atoms with Gasteiger partial charge in [-0.05, 0) is 126 Å². The number of carbonyl (C=O) groups is 3. The van der Waals surface area contributed by atoms with E-state index >= 15 is 4.39 Å². The zero-order valence-corrected chi connectivity index (χ0v) is 39.8. The molecule has 2 amide bonds. The normalized spacial score (nSPS) is 21.0. The van der Waals surface area contributed by atoms with Crippen molar-refractivity contribution in [3.8, 4) is 5.75 Å². The van der Waals surface area contributed by atoms with E-state index in [1.807, 2.05) is 23.1 Å². The number of carbonyl (C=O) groups excluding carboxylic acids is 3. The van der Waals surface area contributed by atoms with Crippen molar-refractivity contribution in [3.05, 3.63) is 70.9 Å². The number of aromatic nitrogens is 2. The second kappa shape index (κ2) is 23.1. The number of fused-ring (bicyclic) bond motifs is 1. The molecule has 13 nitrogen and oxygen atoms in total. The Bertz CT molecular complexity index is 2100. The van der Waals surface area contributed by atoms with Crippen LogP contribution in [0.2, 0.25) is 0 Å². The molecular formula is C50H70ClFN8O5. The van der Waals surface area contributed by atoms with E-state index in [1.165, 1.54) is 44.0 Å². The number of nitrogens with two attached hydrogens (primary N) is 1. The summed E-state index contributed by atoms with van der Waals surface area (Å²) >= 11 is 4.64. The lowest BCUT2D eigenvalue weighted by Crippen LogP contribution is -2.39. The first kappa shape index (κ1) is 49.6. The van der Waals surface area contributed by atoms with Gasteiger partial charge in [0.05, 0.1) is 41.9 Å². The number of ether oxygens (including phenoxy) is 2. The van der Waals surface area contributed by atoms with Crippen LogP contribution in [0.3, 0.4) is 0 Å². The summed E-state index contributed by atoms with van der Waals surface area (Å²) in [5.41, 5.74) is 9.25. The summed E-state index contributed by atoms with van der Waals surface area (Å²) in [6.45, 7) is 9.58. The number of aldehydes is 1. The molecule has 1 unspecified atom stereocenters. The highest BCUT2D eigenvalue weighted by atomic mass is 35.5. The van der Waals surface area contributed by atoms with Gasteiger partial charge in [-0.15, -0.1) is 11.6 Å². The highest BCUT2D eigenvalue weighted by Crippen LogP contribution is 2.41. The van der Waals surface area contributed by atoms with Crippen molar-refractivity contribution in [2.75, 3.05) is 55.1 Å². The van der Waals surface area contributed by atoms with Gasteiger partial charge in [0.2, 0.25) is 5.91 Å². The van der Waals surface area contributed by atoms with E-state index in [2.05, 4.69) is 52.6 Å². The van der Waals surface area contributed by atoms with Crippen molar-refractivity contribution in [1.82, 2.24) is 20.2 Å². The van der Waals surface area contributed by atoms with Gasteiger partial charge in [0.25, 0.3) is 5.91 Å². The molecule has 5 aliphatic rings. The van der Waals surface area contributed by atoms with Crippen molar-refractivity contribution in [2.24, 2.45) is 11.8 Å². The zero-order chi connectivity index (χ0) is 46.7. The zero-order valence-electron chi connectivity index (χ0n) is 39.1. The maximum Gasteiger partial charge on any atom is 0.255 e. The number of hydrogen-bond acceptors (Lipinski definition) is 11. The van der Waals surface area contributed by atoms with E-state index in [9.17, 15) is 14.4 Å². The molecule has 354 valence electrons. The predicted octanol–water partition coefficient (Wildman–Crippen LogP) is 8.72. The number of halogens is 2. The van der Waals surface area contributed by atoms with Crippen LogP contribution in [0.4, 0.5) is 21.6 Å². The van der Waals surface area contributed by atoms with Gasteiger partial charge in [-0.1, -0.05) is 20.3 Å². The number of nitrogen functional groups attached to an aromatic ring is 1. The summed E-state index contributed by atoms with van der Waals surface area (Å²) < 4.78 is 28.7. The van der Waals surface area contributed by atoms with Gasteiger partial charge in [0.1, 0.15) is 29.8 Å². The molecular weight excluding hydrogens is 847 g/mol. The number of amides is 2. The number of piperidine rings is 2. The van der Waals surface area contributed by atoms with Gasteiger partial charge in [-0.3, -0.25) is 15.0 Å². The minimum absolute atomic E-state index is 0.0205. The fourth-order valence-electron chi connectivity index (χ4n) is 9.62. The van der Waals surface area contributed by atoms with E-state index in [1.54, 1.807) is 24.5 Å². The van der Waals surface area contributed by atoms with Gasteiger partial charge < -0.3 is 40.0 Å². The molecule has 2 saturated carbocycles. The van der Waals surface area contributed by atoms with Crippen LogP contribution in [0.1, 0.15) is 138 Å².